The second-order valence-electron chi connectivity index (χ2n) is 3.14. The average Bonchev–Trinajstić information content (AvgIpc) is 2.24. The molecule has 0 aliphatic carbocycles. The molecule has 0 radical (unpaired) electrons. The number of carbonyl (C=O) groups is 2. The molecule has 5 nitrogen and oxygen atoms in total. The lowest BCUT2D eigenvalue weighted by molar-refractivity contribution is -0.138. The van der Waals surface area contributed by atoms with Gasteiger partial charge in [0.2, 0.25) is 5.91 Å². The summed E-state index contributed by atoms with van der Waals surface area (Å²) in [6.07, 6.45) is 1.74. The van der Waals surface area contributed by atoms with Crippen LogP contribution in [0.4, 0.5) is 0 Å². The van der Waals surface area contributed by atoms with E-state index in [-0.39, 0.29) is 11.8 Å². The number of imide groups is 1. The minimum absolute atomic E-state index is 0.240. The molecule has 0 saturated carbocycles. The van der Waals surface area contributed by atoms with E-state index in [2.05, 4.69) is 10.1 Å². The minimum Gasteiger partial charge on any atom is -0.479 e. The van der Waals surface area contributed by atoms with Crippen molar-refractivity contribution < 1.29 is 14.3 Å². The van der Waals surface area contributed by atoms with Gasteiger partial charge < -0.3 is 4.74 Å². The van der Waals surface area contributed by atoms with E-state index in [1.165, 1.54) is 0 Å². The van der Waals surface area contributed by atoms with Crippen molar-refractivity contribution in [2.75, 3.05) is 0 Å². The molecule has 78 valence electrons. The number of piperidine rings is 1. The van der Waals surface area contributed by atoms with Gasteiger partial charge in [0.15, 0.2) is 6.10 Å². The quantitative estimate of drug-likeness (QED) is 0.756. The summed E-state index contributed by atoms with van der Waals surface area (Å²) in [5.41, 5.74) is 0. The molecule has 1 atom stereocenters. The maximum Gasteiger partial charge on any atom is 0.267 e. The van der Waals surface area contributed by atoms with Gasteiger partial charge in [-0.2, -0.15) is 0 Å². The first-order valence-corrected chi connectivity index (χ1v) is 5.44. The third-order valence-electron chi connectivity index (χ3n) is 2.02. The fourth-order valence-corrected chi connectivity index (χ4v) is 1.77. The second kappa shape index (κ2) is 4.36. The Bertz CT molecular complexity index is 382. The zero-order valence-corrected chi connectivity index (χ0v) is 8.74. The molecule has 1 unspecified atom stereocenters. The van der Waals surface area contributed by atoms with Crippen molar-refractivity contribution in [2.45, 2.75) is 18.9 Å². The van der Waals surface area contributed by atoms with Crippen LogP contribution in [0.25, 0.3) is 0 Å². The Morgan fingerprint density at radius 1 is 1.53 bits per heavy atom. The van der Waals surface area contributed by atoms with Crippen LogP contribution in [-0.4, -0.2) is 22.7 Å². The largest absolute Gasteiger partial charge is 0.479 e. The van der Waals surface area contributed by atoms with Crippen LogP contribution in [0.2, 0.25) is 0 Å². The smallest absolute Gasteiger partial charge is 0.267 e. The fourth-order valence-electron chi connectivity index (χ4n) is 1.30. The van der Waals surface area contributed by atoms with Crippen LogP contribution in [0.15, 0.2) is 18.1 Å². The molecule has 1 aromatic rings. The molecule has 0 aromatic carbocycles. The first-order chi connectivity index (χ1) is 7.25. The van der Waals surface area contributed by atoms with Gasteiger partial charge in [0.25, 0.3) is 5.91 Å². The number of nitrogens with one attached hydrogen (secondary N) is 1. The first kappa shape index (κ1) is 10.1. The van der Waals surface area contributed by atoms with Crippen molar-refractivity contribution in [1.82, 2.24) is 10.1 Å². The topological polar surface area (TPSA) is 68.3 Å². The van der Waals surface area contributed by atoms with Crippen molar-refractivity contribution in [3.05, 3.63) is 18.1 Å². The number of nitrogens with zero attached hydrogens (tertiary/aromatic N) is 1. The van der Waals surface area contributed by atoms with E-state index in [1.807, 2.05) is 5.80 Å². The predicted molar refractivity (Wildman–Crippen MR) is 53.5 cm³/mol. The highest BCUT2D eigenvalue weighted by atomic mass is 31.0. The Balaban J connectivity index is 2.01. The van der Waals surface area contributed by atoms with Crippen LogP contribution >= 0.6 is 8.35 Å². The lowest BCUT2D eigenvalue weighted by Crippen LogP contribution is -2.46. The van der Waals surface area contributed by atoms with E-state index >= 15 is 0 Å². The van der Waals surface area contributed by atoms with Crippen molar-refractivity contribution in [2.24, 2.45) is 0 Å². The van der Waals surface area contributed by atoms with Gasteiger partial charge >= 0.3 is 0 Å². The highest BCUT2D eigenvalue weighted by Gasteiger charge is 2.28. The van der Waals surface area contributed by atoms with Crippen molar-refractivity contribution in [1.29, 1.82) is 0 Å². The Morgan fingerprint density at radius 2 is 2.40 bits per heavy atom. The van der Waals surface area contributed by atoms with Crippen LogP contribution in [0.3, 0.4) is 0 Å². The molecule has 1 aliphatic rings. The van der Waals surface area contributed by atoms with Gasteiger partial charge in [-0.1, -0.05) is 0 Å². The summed E-state index contributed by atoms with van der Waals surface area (Å²) >= 11 is 0. The van der Waals surface area contributed by atoms with Gasteiger partial charge in [-0.05, 0) is 11.9 Å². The number of rotatable bonds is 2. The molecule has 0 spiro atoms. The first-order valence-electron chi connectivity index (χ1n) is 4.53. The molecule has 1 aromatic heterocycles. The molecule has 1 aliphatic heterocycles. The second-order valence-corrected chi connectivity index (χ2v) is 3.90. The van der Waals surface area contributed by atoms with Gasteiger partial charge in [-0.25, -0.2) is 4.75 Å². The van der Waals surface area contributed by atoms with Crippen LogP contribution in [0.5, 0.6) is 5.75 Å². The molecule has 1 fully saturated rings. The van der Waals surface area contributed by atoms with E-state index in [0.29, 0.717) is 18.6 Å². The Morgan fingerprint density at radius 3 is 3.07 bits per heavy atom. The summed E-state index contributed by atoms with van der Waals surface area (Å²) in [5.74, 6) is 1.77. The normalized spacial score (nSPS) is 21.5. The molecule has 6 heteroatoms. The third-order valence-corrected chi connectivity index (χ3v) is 2.56. The fraction of sp³-hybridized carbons (Fsp3) is 0.333. The van der Waals surface area contributed by atoms with Crippen LogP contribution in [0, 0.1) is 0 Å². The van der Waals surface area contributed by atoms with Gasteiger partial charge in [0.1, 0.15) is 5.75 Å². The van der Waals surface area contributed by atoms with Crippen molar-refractivity contribution in [3.8, 4) is 5.75 Å². The molecule has 2 amide bonds. The summed E-state index contributed by atoms with van der Waals surface area (Å²) in [4.78, 5) is 22.2. The number of hydrogen-bond acceptors (Lipinski definition) is 4. The monoisotopic (exact) mass is 224 g/mol. The molecule has 2 heterocycles. The maximum absolute atomic E-state index is 11.3. The molecule has 1 saturated heterocycles. The molecule has 1 N–H and O–H groups in total. The van der Waals surface area contributed by atoms with Gasteiger partial charge in [-0.15, -0.1) is 0 Å². The number of carbonyl (C=O) groups excluding carboxylic acids is 2. The summed E-state index contributed by atoms with van der Waals surface area (Å²) in [7, 11) is 0.859. The summed E-state index contributed by atoms with van der Waals surface area (Å²) in [6, 6.07) is 1.76. The number of hydrogen-bond donors (Lipinski definition) is 1. The lowest BCUT2D eigenvalue weighted by atomic mass is 10.1. The maximum atomic E-state index is 11.3. The highest BCUT2D eigenvalue weighted by molar-refractivity contribution is 7.24. The van der Waals surface area contributed by atoms with Crippen LogP contribution < -0.4 is 10.1 Å². The summed E-state index contributed by atoms with van der Waals surface area (Å²) < 4.78 is 9.37. The molecule has 0 bridgehead atoms. The van der Waals surface area contributed by atoms with Gasteiger partial charge in [0.05, 0.1) is 6.20 Å². The van der Waals surface area contributed by atoms with E-state index < -0.39 is 6.10 Å². The number of aromatic nitrogens is 1. The van der Waals surface area contributed by atoms with E-state index in [0.717, 1.165) is 8.35 Å². The molecule has 2 rings (SSSR count). The van der Waals surface area contributed by atoms with E-state index in [1.54, 1.807) is 12.3 Å². The third kappa shape index (κ3) is 2.50. The van der Waals surface area contributed by atoms with E-state index in [9.17, 15) is 9.59 Å². The highest BCUT2D eigenvalue weighted by Crippen LogP contribution is 2.16. The average molecular weight is 224 g/mol. The van der Waals surface area contributed by atoms with Gasteiger partial charge in [0, 0.05) is 21.2 Å². The number of amides is 2. The zero-order valence-electron chi connectivity index (χ0n) is 7.84. The molecular formula is C9H9N2O3P. The Labute approximate surface area is 88.0 Å². The SMILES string of the molecule is O=C1CCC(Oc2ccpnc2)C(=O)N1. The summed E-state index contributed by atoms with van der Waals surface area (Å²) in [6.45, 7) is 0. The molecular weight excluding hydrogens is 215 g/mol. The zero-order chi connectivity index (χ0) is 10.7. The van der Waals surface area contributed by atoms with Gasteiger partial charge in [-0.3, -0.25) is 14.9 Å². The lowest BCUT2D eigenvalue weighted by Gasteiger charge is -2.21. The van der Waals surface area contributed by atoms with E-state index in [4.69, 9.17) is 4.74 Å². The Hall–Kier alpha value is -1.48. The minimum atomic E-state index is -0.580. The van der Waals surface area contributed by atoms with Crippen LogP contribution in [0.1, 0.15) is 12.8 Å². The molecule has 15 heavy (non-hydrogen) atoms. The van der Waals surface area contributed by atoms with Crippen LogP contribution in [-0.2, 0) is 9.59 Å². The number of ether oxygens (including phenoxy) is 1. The standard InChI is InChI=1S/C9H9N2O3P/c12-8-2-1-7(9(13)11-8)14-6-3-4-15-10-5-6/h3-5,7H,1-2H2,(H,11,12,13). The Kier molecular flexibility index (Phi) is 2.92. The predicted octanol–water partition coefficient (Wildman–Crippen LogP) is 0.846. The van der Waals surface area contributed by atoms with Crippen molar-refractivity contribution >= 4 is 20.2 Å². The summed E-state index contributed by atoms with van der Waals surface area (Å²) in [5, 5.41) is 2.23. The van der Waals surface area contributed by atoms with Crippen molar-refractivity contribution in [3.63, 3.8) is 0 Å².